The second-order valence-corrected chi connectivity index (χ2v) is 7.06. The van der Waals surface area contributed by atoms with Gasteiger partial charge in [0, 0.05) is 39.3 Å². The standard InChI is InChI=1S/C12H24N4O3S/c13-20(18,19)16-9-7-14(8-10-16)11-12(17)15-5-3-1-2-4-6-15/h1-11H2,(H2,13,18,19). The van der Waals surface area contributed by atoms with E-state index >= 15 is 0 Å². The molecule has 0 aromatic heterocycles. The van der Waals surface area contributed by atoms with Gasteiger partial charge in [-0.1, -0.05) is 12.8 Å². The molecular formula is C12H24N4O3S. The lowest BCUT2D eigenvalue weighted by Crippen LogP contribution is -2.53. The number of amides is 1. The van der Waals surface area contributed by atoms with Crippen LogP contribution in [0.1, 0.15) is 25.7 Å². The van der Waals surface area contributed by atoms with E-state index in [1.165, 1.54) is 17.1 Å². The lowest BCUT2D eigenvalue weighted by molar-refractivity contribution is -0.132. The van der Waals surface area contributed by atoms with E-state index < -0.39 is 10.2 Å². The first-order chi connectivity index (χ1) is 9.47. The number of rotatable bonds is 3. The van der Waals surface area contributed by atoms with E-state index in [1.807, 2.05) is 9.80 Å². The highest BCUT2D eigenvalue weighted by atomic mass is 32.2. The van der Waals surface area contributed by atoms with E-state index in [-0.39, 0.29) is 5.91 Å². The molecule has 20 heavy (non-hydrogen) atoms. The molecule has 2 rings (SSSR count). The largest absolute Gasteiger partial charge is 0.342 e. The SMILES string of the molecule is NS(=O)(=O)N1CCN(CC(=O)N2CCCCCC2)CC1. The molecule has 0 bridgehead atoms. The summed E-state index contributed by atoms with van der Waals surface area (Å²) >= 11 is 0. The number of nitrogens with two attached hydrogens (primary N) is 1. The van der Waals surface area contributed by atoms with Gasteiger partial charge in [0.1, 0.15) is 0 Å². The molecular weight excluding hydrogens is 280 g/mol. The molecule has 2 aliphatic heterocycles. The molecule has 0 atom stereocenters. The highest BCUT2D eigenvalue weighted by molar-refractivity contribution is 7.86. The smallest absolute Gasteiger partial charge is 0.276 e. The average molecular weight is 304 g/mol. The van der Waals surface area contributed by atoms with Crippen LogP contribution in [-0.4, -0.2) is 74.2 Å². The van der Waals surface area contributed by atoms with E-state index in [2.05, 4.69) is 0 Å². The van der Waals surface area contributed by atoms with Crippen molar-refractivity contribution in [2.24, 2.45) is 5.14 Å². The molecule has 0 unspecified atom stereocenters. The van der Waals surface area contributed by atoms with Gasteiger partial charge in [-0.3, -0.25) is 9.69 Å². The summed E-state index contributed by atoms with van der Waals surface area (Å²) in [5.41, 5.74) is 0. The molecule has 0 saturated carbocycles. The van der Waals surface area contributed by atoms with Crippen LogP contribution in [0.2, 0.25) is 0 Å². The van der Waals surface area contributed by atoms with E-state index in [4.69, 9.17) is 5.14 Å². The van der Waals surface area contributed by atoms with Gasteiger partial charge in [-0.15, -0.1) is 0 Å². The predicted octanol–water partition coefficient (Wildman–Crippen LogP) is -0.790. The van der Waals surface area contributed by atoms with Crippen LogP contribution in [0.15, 0.2) is 0 Å². The molecule has 2 aliphatic rings. The van der Waals surface area contributed by atoms with Crippen LogP contribution in [0.4, 0.5) is 0 Å². The zero-order valence-electron chi connectivity index (χ0n) is 11.8. The van der Waals surface area contributed by atoms with Gasteiger partial charge in [-0.05, 0) is 12.8 Å². The third kappa shape index (κ3) is 4.41. The number of nitrogens with zero attached hydrogens (tertiary/aromatic N) is 3. The number of carbonyl (C=O) groups excluding carboxylic acids is 1. The van der Waals surface area contributed by atoms with Crippen molar-refractivity contribution in [1.82, 2.24) is 14.1 Å². The van der Waals surface area contributed by atoms with E-state index in [9.17, 15) is 13.2 Å². The molecule has 0 spiro atoms. The van der Waals surface area contributed by atoms with Gasteiger partial charge < -0.3 is 4.90 Å². The minimum atomic E-state index is -3.59. The summed E-state index contributed by atoms with van der Waals surface area (Å²) in [5, 5.41) is 5.10. The maximum Gasteiger partial charge on any atom is 0.276 e. The zero-order chi connectivity index (χ0) is 14.6. The van der Waals surface area contributed by atoms with E-state index in [1.54, 1.807) is 0 Å². The zero-order valence-corrected chi connectivity index (χ0v) is 12.6. The fourth-order valence-electron chi connectivity index (χ4n) is 2.75. The molecule has 1 amide bonds. The minimum absolute atomic E-state index is 0.163. The Kier molecular flexibility index (Phi) is 5.36. The van der Waals surface area contributed by atoms with Crippen LogP contribution < -0.4 is 5.14 Å². The highest BCUT2D eigenvalue weighted by Crippen LogP contribution is 2.11. The predicted molar refractivity (Wildman–Crippen MR) is 76.2 cm³/mol. The van der Waals surface area contributed by atoms with Gasteiger partial charge >= 0.3 is 0 Å². The Morgan fingerprint density at radius 1 is 0.900 bits per heavy atom. The first-order valence-electron chi connectivity index (χ1n) is 7.25. The Balaban J connectivity index is 1.78. The summed E-state index contributed by atoms with van der Waals surface area (Å²) < 4.78 is 23.7. The van der Waals surface area contributed by atoms with Crippen LogP contribution in [0, 0.1) is 0 Å². The molecule has 2 heterocycles. The number of carbonyl (C=O) groups is 1. The number of piperazine rings is 1. The third-order valence-electron chi connectivity index (χ3n) is 4.01. The molecule has 2 saturated heterocycles. The van der Waals surface area contributed by atoms with Crippen molar-refractivity contribution in [3.8, 4) is 0 Å². The van der Waals surface area contributed by atoms with Crippen molar-refractivity contribution in [3.63, 3.8) is 0 Å². The topological polar surface area (TPSA) is 87.0 Å². The molecule has 0 aliphatic carbocycles. The summed E-state index contributed by atoms with van der Waals surface area (Å²) in [6.07, 6.45) is 4.59. The van der Waals surface area contributed by atoms with Crippen LogP contribution in [0.5, 0.6) is 0 Å². The Morgan fingerprint density at radius 2 is 1.45 bits per heavy atom. The monoisotopic (exact) mass is 304 g/mol. The molecule has 0 aromatic carbocycles. The van der Waals surface area contributed by atoms with Crippen LogP contribution in [-0.2, 0) is 15.0 Å². The summed E-state index contributed by atoms with van der Waals surface area (Å²) in [6, 6.07) is 0. The Morgan fingerprint density at radius 3 is 1.95 bits per heavy atom. The summed E-state index contributed by atoms with van der Waals surface area (Å²) in [5.74, 6) is 0.163. The molecule has 116 valence electrons. The maximum absolute atomic E-state index is 12.2. The minimum Gasteiger partial charge on any atom is -0.342 e. The Labute approximate surface area is 120 Å². The summed E-state index contributed by atoms with van der Waals surface area (Å²) in [6.45, 7) is 3.97. The van der Waals surface area contributed by atoms with Crippen molar-refractivity contribution in [2.75, 3.05) is 45.8 Å². The number of hydrogen-bond acceptors (Lipinski definition) is 4. The normalized spacial score (nSPS) is 23.6. The van der Waals surface area contributed by atoms with Crippen molar-refractivity contribution < 1.29 is 13.2 Å². The number of likely N-dealkylation sites (tertiary alicyclic amines) is 1. The molecule has 7 nitrogen and oxygen atoms in total. The van der Waals surface area contributed by atoms with E-state index in [0.717, 1.165) is 25.9 Å². The average Bonchev–Trinajstić information content (AvgIpc) is 2.67. The second-order valence-electron chi connectivity index (χ2n) is 5.52. The summed E-state index contributed by atoms with van der Waals surface area (Å²) in [7, 11) is -3.59. The van der Waals surface area contributed by atoms with Gasteiger partial charge in [0.05, 0.1) is 6.54 Å². The van der Waals surface area contributed by atoms with Crippen molar-refractivity contribution in [2.45, 2.75) is 25.7 Å². The third-order valence-corrected chi connectivity index (χ3v) is 5.09. The van der Waals surface area contributed by atoms with Crippen molar-refractivity contribution >= 4 is 16.1 Å². The van der Waals surface area contributed by atoms with Gasteiger partial charge in [0.25, 0.3) is 10.2 Å². The van der Waals surface area contributed by atoms with Gasteiger partial charge in [0.15, 0.2) is 0 Å². The maximum atomic E-state index is 12.2. The quantitative estimate of drug-likeness (QED) is 0.740. The molecule has 2 N–H and O–H groups in total. The highest BCUT2D eigenvalue weighted by Gasteiger charge is 2.26. The lowest BCUT2D eigenvalue weighted by atomic mass is 10.2. The van der Waals surface area contributed by atoms with Crippen molar-refractivity contribution in [1.29, 1.82) is 0 Å². The van der Waals surface area contributed by atoms with Crippen molar-refractivity contribution in [3.05, 3.63) is 0 Å². The fraction of sp³-hybridized carbons (Fsp3) is 0.917. The van der Waals surface area contributed by atoms with Crippen LogP contribution in [0.3, 0.4) is 0 Å². The number of hydrogen-bond donors (Lipinski definition) is 1. The second kappa shape index (κ2) is 6.84. The first-order valence-corrected chi connectivity index (χ1v) is 8.75. The van der Waals surface area contributed by atoms with E-state index in [0.29, 0.717) is 32.7 Å². The van der Waals surface area contributed by atoms with Gasteiger partial charge in [-0.25, -0.2) is 5.14 Å². The first kappa shape index (κ1) is 15.7. The Hall–Kier alpha value is -0.700. The molecule has 0 aromatic rings. The van der Waals surface area contributed by atoms with Gasteiger partial charge in [0.2, 0.25) is 5.91 Å². The Bertz CT molecular complexity index is 424. The molecule has 0 radical (unpaired) electrons. The molecule has 2 fully saturated rings. The fourth-order valence-corrected chi connectivity index (χ4v) is 3.43. The van der Waals surface area contributed by atoms with Crippen LogP contribution >= 0.6 is 0 Å². The van der Waals surface area contributed by atoms with Crippen LogP contribution in [0.25, 0.3) is 0 Å². The summed E-state index contributed by atoms with van der Waals surface area (Å²) in [4.78, 5) is 16.2. The van der Waals surface area contributed by atoms with Gasteiger partial charge in [-0.2, -0.15) is 12.7 Å². The molecule has 8 heteroatoms. The lowest BCUT2D eigenvalue weighted by Gasteiger charge is -2.33.